The van der Waals surface area contributed by atoms with Crippen LogP contribution in [0.4, 0.5) is 5.69 Å². The van der Waals surface area contributed by atoms with Crippen LogP contribution in [0.25, 0.3) is 0 Å². The van der Waals surface area contributed by atoms with Gasteiger partial charge >= 0.3 is 0 Å². The molecule has 2 rings (SSSR count). The lowest BCUT2D eigenvalue weighted by Gasteiger charge is -2.03. The molecule has 0 aliphatic rings. The van der Waals surface area contributed by atoms with Crippen LogP contribution in [0.15, 0.2) is 40.6 Å². The third-order valence-corrected chi connectivity index (χ3v) is 2.83. The molecule has 2 aromatic heterocycles. The fourth-order valence-corrected chi connectivity index (χ4v) is 1.92. The van der Waals surface area contributed by atoms with Crippen molar-refractivity contribution in [3.05, 3.63) is 36.0 Å². The molecule has 0 saturated carbocycles. The van der Waals surface area contributed by atoms with Gasteiger partial charge in [0.2, 0.25) is 5.28 Å². The Morgan fingerprint density at radius 1 is 1.27 bits per heavy atom. The molecule has 0 aromatic carbocycles. The summed E-state index contributed by atoms with van der Waals surface area (Å²) in [5, 5.41) is 0.849. The van der Waals surface area contributed by atoms with Crippen molar-refractivity contribution in [2.75, 3.05) is 5.73 Å². The molecule has 76 valence electrons. The van der Waals surface area contributed by atoms with Crippen LogP contribution in [0.3, 0.4) is 0 Å². The van der Waals surface area contributed by atoms with E-state index in [9.17, 15) is 0 Å². The quantitative estimate of drug-likeness (QED) is 0.642. The number of halogens is 1. The first-order valence-corrected chi connectivity index (χ1v) is 5.31. The van der Waals surface area contributed by atoms with Crippen LogP contribution in [0.2, 0.25) is 5.28 Å². The standard InChI is InChI=1S/C9H7ClN4S/c10-9-13-5-7(11)8(14-9)15-6-1-3-12-4-2-6/h1-5H,11H2. The number of aromatic nitrogens is 3. The second kappa shape index (κ2) is 4.46. The molecule has 0 saturated heterocycles. The SMILES string of the molecule is Nc1cnc(Cl)nc1Sc1ccncc1. The first-order chi connectivity index (χ1) is 7.25. The van der Waals surface area contributed by atoms with Crippen molar-refractivity contribution in [3.63, 3.8) is 0 Å². The second-order valence-electron chi connectivity index (χ2n) is 2.68. The monoisotopic (exact) mass is 238 g/mol. The normalized spacial score (nSPS) is 10.2. The third kappa shape index (κ3) is 2.57. The van der Waals surface area contributed by atoms with Gasteiger partial charge in [0.15, 0.2) is 0 Å². The van der Waals surface area contributed by atoms with Gasteiger partial charge in [0, 0.05) is 17.3 Å². The Labute approximate surface area is 95.9 Å². The Balaban J connectivity index is 2.28. The summed E-state index contributed by atoms with van der Waals surface area (Å²) in [5.41, 5.74) is 6.23. The predicted octanol–water partition coefficient (Wildman–Crippen LogP) is 2.26. The molecular formula is C9H7ClN4S. The highest BCUT2D eigenvalue weighted by atomic mass is 35.5. The van der Waals surface area contributed by atoms with Gasteiger partial charge in [0.1, 0.15) is 5.03 Å². The van der Waals surface area contributed by atoms with Crippen molar-refractivity contribution in [1.29, 1.82) is 0 Å². The van der Waals surface area contributed by atoms with Crippen LogP contribution >= 0.6 is 23.4 Å². The molecular weight excluding hydrogens is 232 g/mol. The van der Waals surface area contributed by atoms with Gasteiger partial charge in [-0.15, -0.1) is 0 Å². The third-order valence-electron chi connectivity index (χ3n) is 1.62. The van der Waals surface area contributed by atoms with Crippen molar-refractivity contribution in [2.45, 2.75) is 9.92 Å². The van der Waals surface area contributed by atoms with Crippen molar-refractivity contribution in [1.82, 2.24) is 15.0 Å². The van der Waals surface area contributed by atoms with Crippen LogP contribution < -0.4 is 5.73 Å². The van der Waals surface area contributed by atoms with Crippen LogP contribution in [0.5, 0.6) is 0 Å². The van der Waals surface area contributed by atoms with E-state index in [0.29, 0.717) is 10.7 Å². The van der Waals surface area contributed by atoms with E-state index >= 15 is 0 Å². The molecule has 6 heteroatoms. The molecule has 0 spiro atoms. The van der Waals surface area contributed by atoms with Gasteiger partial charge in [-0.05, 0) is 23.7 Å². The number of hydrogen-bond donors (Lipinski definition) is 1. The zero-order valence-electron chi connectivity index (χ0n) is 7.59. The molecule has 2 heterocycles. The summed E-state index contributed by atoms with van der Waals surface area (Å²) in [7, 11) is 0. The fourth-order valence-electron chi connectivity index (χ4n) is 0.955. The lowest BCUT2D eigenvalue weighted by Crippen LogP contribution is -1.94. The highest BCUT2D eigenvalue weighted by Gasteiger charge is 2.05. The van der Waals surface area contributed by atoms with Gasteiger partial charge in [-0.25, -0.2) is 9.97 Å². The van der Waals surface area contributed by atoms with Gasteiger partial charge in [0.05, 0.1) is 11.9 Å². The van der Waals surface area contributed by atoms with Gasteiger partial charge in [-0.2, -0.15) is 0 Å². The number of nitrogen functional groups attached to an aromatic ring is 1. The van der Waals surface area contributed by atoms with Crippen LogP contribution in [0, 0.1) is 0 Å². The maximum absolute atomic E-state index is 5.72. The Hall–Kier alpha value is -1.33. The molecule has 0 aliphatic heterocycles. The Kier molecular flexibility index (Phi) is 3.03. The van der Waals surface area contributed by atoms with Crippen molar-refractivity contribution >= 4 is 29.1 Å². The molecule has 2 aromatic rings. The molecule has 0 radical (unpaired) electrons. The van der Waals surface area contributed by atoms with E-state index in [0.717, 1.165) is 4.90 Å². The smallest absolute Gasteiger partial charge is 0.223 e. The predicted molar refractivity (Wildman–Crippen MR) is 59.8 cm³/mol. The van der Waals surface area contributed by atoms with Gasteiger partial charge in [-0.3, -0.25) is 4.98 Å². The van der Waals surface area contributed by atoms with Crippen LogP contribution in [-0.4, -0.2) is 15.0 Å². The first-order valence-electron chi connectivity index (χ1n) is 4.11. The molecule has 0 bridgehead atoms. The highest BCUT2D eigenvalue weighted by Crippen LogP contribution is 2.29. The molecule has 0 aliphatic carbocycles. The Bertz CT molecular complexity index is 463. The largest absolute Gasteiger partial charge is 0.395 e. The summed E-state index contributed by atoms with van der Waals surface area (Å²) in [4.78, 5) is 12.8. The summed E-state index contributed by atoms with van der Waals surface area (Å²) in [6.45, 7) is 0. The molecule has 2 N–H and O–H groups in total. The fraction of sp³-hybridized carbons (Fsp3) is 0. The zero-order valence-corrected chi connectivity index (χ0v) is 9.16. The van der Waals surface area contributed by atoms with Gasteiger partial charge in [0.25, 0.3) is 0 Å². The molecule has 0 unspecified atom stereocenters. The van der Waals surface area contributed by atoms with Crippen LogP contribution in [-0.2, 0) is 0 Å². The van der Waals surface area contributed by atoms with Crippen molar-refractivity contribution in [2.24, 2.45) is 0 Å². The minimum absolute atomic E-state index is 0.195. The number of nitrogens with zero attached hydrogens (tertiary/aromatic N) is 3. The van der Waals surface area contributed by atoms with E-state index < -0.39 is 0 Å². The minimum Gasteiger partial charge on any atom is -0.395 e. The highest BCUT2D eigenvalue weighted by molar-refractivity contribution is 7.99. The number of anilines is 1. The first kappa shape index (κ1) is 10.2. The van der Waals surface area contributed by atoms with Crippen LogP contribution in [0.1, 0.15) is 0 Å². The number of pyridine rings is 1. The maximum atomic E-state index is 5.72. The summed E-state index contributed by atoms with van der Waals surface area (Å²) in [6.07, 6.45) is 4.92. The average Bonchev–Trinajstić information content (AvgIpc) is 2.25. The minimum atomic E-state index is 0.195. The molecule has 0 atom stereocenters. The van der Waals surface area contributed by atoms with E-state index in [2.05, 4.69) is 15.0 Å². The lowest BCUT2D eigenvalue weighted by molar-refractivity contribution is 1.06. The summed E-state index contributed by atoms with van der Waals surface area (Å²) in [6, 6.07) is 3.75. The molecule has 15 heavy (non-hydrogen) atoms. The summed E-state index contributed by atoms with van der Waals surface area (Å²) in [5.74, 6) is 0. The molecule has 0 amide bonds. The van der Waals surface area contributed by atoms with Gasteiger partial charge < -0.3 is 5.73 Å². The maximum Gasteiger partial charge on any atom is 0.223 e. The average molecular weight is 239 g/mol. The molecule has 0 fully saturated rings. The summed E-state index contributed by atoms with van der Waals surface area (Å²) < 4.78 is 0. The number of rotatable bonds is 2. The Morgan fingerprint density at radius 3 is 2.73 bits per heavy atom. The number of nitrogens with two attached hydrogens (primary N) is 1. The topological polar surface area (TPSA) is 64.7 Å². The van der Waals surface area contributed by atoms with E-state index in [1.807, 2.05) is 12.1 Å². The van der Waals surface area contributed by atoms with E-state index in [4.69, 9.17) is 17.3 Å². The summed E-state index contributed by atoms with van der Waals surface area (Å²) >= 11 is 7.11. The van der Waals surface area contributed by atoms with Gasteiger partial charge in [-0.1, -0.05) is 11.8 Å². The van der Waals surface area contributed by atoms with Crippen molar-refractivity contribution < 1.29 is 0 Å². The second-order valence-corrected chi connectivity index (χ2v) is 4.08. The zero-order chi connectivity index (χ0) is 10.7. The van der Waals surface area contributed by atoms with E-state index in [1.54, 1.807) is 12.4 Å². The molecule has 4 nitrogen and oxygen atoms in total. The number of hydrogen-bond acceptors (Lipinski definition) is 5. The van der Waals surface area contributed by atoms with E-state index in [1.165, 1.54) is 18.0 Å². The Morgan fingerprint density at radius 2 is 2.00 bits per heavy atom. The lowest BCUT2D eigenvalue weighted by atomic mass is 10.5. The van der Waals surface area contributed by atoms with Crippen molar-refractivity contribution in [3.8, 4) is 0 Å². The van der Waals surface area contributed by atoms with E-state index in [-0.39, 0.29) is 5.28 Å².